The van der Waals surface area contributed by atoms with Crippen LogP contribution in [0.4, 0.5) is 0 Å². The molecule has 24 heavy (non-hydrogen) atoms. The Morgan fingerprint density at radius 1 is 1.38 bits per heavy atom. The molecule has 2 heterocycles. The Bertz CT molecular complexity index is 800. The molecule has 1 fully saturated rings. The number of quaternary nitrogens is 1. The Hall–Kier alpha value is -1.52. The molecule has 1 aromatic heterocycles. The lowest BCUT2D eigenvalue weighted by atomic mass is 9.98. The molecule has 1 aliphatic heterocycles. The van der Waals surface area contributed by atoms with Crippen LogP contribution in [0, 0.1) is 6.92 Å². The number of methoxy groups -OCH3 is 1. The summed E-state index contributed by atoms with van der Waals surface area (Å²) >= 11 is 6.33. The van der Waals surface area contributed by atoms with E-state index in [0.717, 1.165) is 30.8 Å². The van der Waals surface area contributed by atoms with Gasteiger partial charge in [-0.15, -0.1) is 0 Å². The second-order valence-electron chi connectivity index (χ2n) is 6.74. The number of ether oxygens (including phenoxy) is 1. The number of hydrogen-bond donors (Lipinski definition) is 2. The Morgan fingerprint density at radius 2 is 2.17 bits per heavy atom. The van der Waals surface area contributed by atoms with Gasteiger partial charge in [0.1, 0.15) is 12.3 Å². The number of aryl methyl sites for hydroxylation is 1. The number of fused-ring (bicyclic) bond motifs is 1. The molecular weight excluding hydrogens is 324 g/mol. The number of pyridine rings is 1. The van der Waals surface area contributed by atoms with Crippen molar-refractivity contribution in [2.75, 3.05) is 13.7 Å². The Balaban J connectivity index is 2.09. The van der Waals surface area contributed by atoms with Crippen LogP contribution in [0.3, 0.4) is 0 Å². The van der Waals surface area contributed by atoms with Gasteiger partial charge in [0.2, 0.25) is 0 Å². The number of H-pyrrole nitrogens is 1. The molecule has 0 bridgehead atoms. The van der Waals surface area contributed by atoms with Gasteiger partial charge in [0.15, 0.2) is 5.43 Å². The molecule has 4 nitrogen and oxygen atoms in total. The van der Waals surface area contributed by atoms with Gasteiger partial charge < -0.3 is 14.6 Å². The largest absolute Gasteiger partial charge is 0.495 e. The zero-order valence-corrected chi connectivity index (χ0v) is 15.4. The molecule has 0 aliphatic carbocycles. The first-order valence-corrected chi connectivity index (χ1v) is 9.17. The van der Waals surface area contributed by atoms with Crippen molar-refractivity contribution < 1.29 is 9.64 Å². The molecule has 2 atom stereocenters. The quantitative estimate of drug-likeness (QED) is 0.891. The lowest BCUT2D eigenvalue weighted by molar-refractivity contribution is -0.944. The molecular formula is C19H26ClN2O2+. The summed E-state index contributed by atoms with van der Waals surface area (Å²) in [5.41, 5.74) is 2.50. The standard InChI is InChI=1S/C19H25ClN2O2/c1-4-13-7-5-6-10-22(13)11-14-12(2)21-18-16(24-3)9-8-15(20)17(18)19(14)23/h8-9,13H,4-7,10-11H2,1-3H3,(H,21,23)/p+1/t13-/m0/s1. The highest BCUT2D eigenvalue weighted by Crippen LogP contribution is 2.28. The zero-order chi connectivity index (χ0) is 17.3. The third-order valence-electron chi connectivity index (χ3n) is 5.38. The van der Waals surface area contributed by atoms with Crippen molar-refractivity contribution in [3.8, 4) is 5.75 Å². The number of aromatic amines is 1. The van der Waals surface area contributed by atoms with Crippen molar-refractivity contribution in [2.45, 2.75) is 52.1 Å². The maximum absolute atomic E-state index is 13.1. The minimum Gasteiger partial charge on any atom is -0.495 e. The van der Waals surface area contributed by atoms with Crippen molar-refractivity contribution in [1.82, 2.24) is 4.98 Å². The van der Waals surface area contributed by atoms with Crippen molar-refractivity contribution in [2.24, 2.45) is 0 Å². The summed E-state index contributed by atoms with van der Waals surface area (Å²) in [4.78, 5) is 18.0. The summed E-state index contributed by atoms with van der Waals surface area (Å²) < 4.78 is 5.38. The van der Waals surface area contributed by atoms with E-state index in [4.69, 9.17) is 16.3 Å². The van der Waals surface area contributed by atoms with Crippen LogP contribution in [0.25, 0.3) is 10.9 Å². The second kappa shape index (κ2) is 7.16. The third-order valence-corrected chi connectivity index (χ3v) is 5.69. The van der Waals surface area contributed by atoms with Gasteiger partial charge in [-0.05, 0) is 44.7 Å². The van der Waals surface area contributed by atoms with Crippen LogP contribution in [0.5, 0.6) is 5.75 Å². The predicted molar refractivity (Wildman–Crippen MR) is 98.3 cm³/mol. The summed E-state index contributed by atoms with van der Waals surface area (Å²) in [6, 6.07) is 4.18. The van der Waals surface area contributed by atoms with Gasteiger partial charge in [-0.1, -0.05) is 18.5 Å². The number of rotatable bonds is 4. The first-order valence-electron chi connectivity index (χ1n) is 8.79. The van der Waals surface area contributed by atoms with Gasteiger partial charge in [0.25, 0.3) is 0 Å². The number of halogens is 1. The molecule has 0 radical (unpaired) electrons. The van der Waals surface area contributed by atoms with Gasteiger partial charge in [-0.2, -0.15) is 0 Å². The summed E-state index contributed by atoms with van der Waals surface area (Å²) in [6.45, 7) is 6.13. The number of benzene rings is 1. The lowest BCUT2D eigenvalue weighted by Gasteiger charge is -2.32. The highest BCUT2D eigenvalue weighted by Gasteiger charge is 2.27. The van der Waals surface area contributed by atoms with Crippen molar-refractivity contribution in [1.29, 1.82) is 0 Å². The average molecular weight is 350 g/mol. The molecule has 0 amide bonds. The number of hydrogen-bond acceptors (Lipinski definition) is 2. The van der Waals surface area contributed by atoms with E-state index in [1.54, 1.807) is 19.2 Å². The van der Waals surface area contributed by atoms with Gasteiger partial charge in [0, 0.05) is 5.69 Å². The molecule has 2 N–H and O–H groups in total. The molecule has 1 unspecified atom stereocenters. The summed E-state index contributed by atoms with van der Waals surface area (Å²) in [5.74, 6) is 0.651. The Kier molecular flexibility index (Phi) is 5.16. The molecule has 0 saturated carbocycles. The zero-order valence-electron chi connectivity index (χ0n) is 14.7. The molecule has 0 spiro atoms. The van der Waals surface area contributed by atoms with Crippen LogP contribution in [0.1, 0.15) is 43.9 Å². The molecule has 1 aliphatic rings. The summed E-state index contributed by atoms with van der Waals surface area (Å²) in [7, 11) is 1.61. The minimum absolute atomic E-state index is 0.0399. The summed E-state index contributed by atoms with van der Waals surface area (Å²) in [5, 5.41) is 1.02. The molecule has 1 aromatic carbocycles. The predicted octanol–water partition coefficient (Wildman–Crippen LogP) is 2.85. The van der Waals surface area contributed by atoms with Crippen LogP contribution in [-0.2, 0) is 6.54 Å². The van der Waals surface area contributed by atoms with Crippen LogP contribution in [-0.4, -0.2) is 24.7 Å². The maximum atomic E-state index is 13.1. The summed E-state index contributed by atoms with van der Waals surface area (Å²) in [6.07, 6.45) is 4.96. The fourth-order valence-electron chi connectivity index (χ4n) is 3.97. The highest BCUT2D eigenvalue weighted by atomic mass is 35.5. The van der Waals surface area contributed by atoms with E-state index >= 15 is 0 Å². The molecule has 2 aromatic rings. The fraction of sp³-hybridized carbons (Fsp3) is 0.526. The highest BCUT2D eigenvalue weighted by molar-refractivity contribution is 6.35. The number of aromatic nitrogens is 1. The van der Waals surface area contributed by atoms with Gasteiger partial charge in [-0.3, -0.25) is 4.79 Å². The fourth-order valence-corrected chi connectivity index (χ4v) is 4.22. The van der Waals surface area contributed by atoms with E-state index in [-0.39, 0.29) is 5.43 Å². The number of piperidine rings is 1. The first kappa shape index (κ1) is 17.3. The van der Waals surface area contributed by atoms with Crippen LogP contribution < -0.4 is 15.1 Å². The second-order valence-corrected chi connectivity index (χ2v) is 7.15. The van der Waals surface area contributed by atoms with Gasteiger partial charge in [0.05, 0.1) is 41.2 Å². The van der Waals surface area contributed by atoms with E-state index in [1.807, 2.05) is 6.92 Å². The molecule has 130 valence electrons. The Morgan fingerprint density at radius 3 is 2.88 bits per heavy atom. The molecule has 3 rings (SSSR count). The number of nitrogens with one attached hydrogen (secondary N) is 2. The SMILES string of the molecule is CC[C@H]1CCCC[NH+]1Cc1c(C)[nH]c2c(OC)ccc(Cl)c2c1=O. The third kappa shape index (κ3) is 3.05. The molecule has 1 saturated heterocycles. The Labute approximate surface area is 147 Å². The number of likely N-dealkylation sites (tertiary alicyclic amines) is 1. The van der Waals surface area contributed by atoms with E-state index in [1.165, 1.54) is 24.2 Å². The van der Waals surface area contributed by atoms with Gasteiger partial charge >= 0.3 is 0 Å². The smallest absolute Gasteiger partial charge is 0.200 e. The molecule has 5 heteroatoms. The van der Waals surface area contributed by atoms with Crippen molar-refractivity contribution in [3.63, 3.8) is 0 Å². The van der Waals surface area contributed by atoms with E-state index in [2.05, 4.69) is 11.9 Å². The van der Waals surface area contributed by atoms with E-state index in [9.17, 15) is 4.79 Å². The van der Waals surface area contributed by atoms with Gasteiger partial charge in [-0.25, -0.2) is 0 Å². The van der Waals surface area contributed by atoms with E-state index in [0.29, 0.717) is 27.7 Å². The van der Waals surface area contributed by atoms with Crippen LogP contribution in [0.2, 0.25) is 5.02 Å². The van der Waals surface area contributed by atoms with E-state index < -0.39 is 0 Å². The minimum atomic E-state index is 0.0399. The van der Waals surface area contributed by atoms with Crippen molar-refractivity contribution >= 4 is 22.5 Å². The topological polar surface area (TPSA) is 46.5 Å². The monoisotopic (exact) mass is 349 g/mol. The first-order chi connectivity index (χ1) is 11.6. The average Bonchev–Trinajstić information content (AvgIpc) is 2.59. The lowest BCUT2D eigenvalue weighted by Crippen LogP contribution is -3.15. The normalized spacial score (nSPS) is 21.2. The van der Waals surface area contributed by atoms with Crippen molar-refractivity contribution in [3.05, 3.63) is 38.6 Å². The maximum Gasteiger partial charge on any atom is 0.200 e. The van der Waals surface area contributed by atoms with Crippen LogP contribution in [0.15, 0.2) is 16.9 Å². The van der Waals surface area contributed by atoms with Crippen LogP contribution >= 0.6 is 11.6 Å².